The molecule has 0 unspecified atom stereocenters. The molecular weight excluding hydrogens is 282 g/mol. The third kappa shape index (κ3) is 3.23. The Morgan fingerprint density at radius 2 is 2.35 bits per heavy atom. The van der Waals surface area contributed by atoms with Gasteiger partial charge in [-0.3, -0.25) is 4.68 Å². The van der Waals surface area contributed by atoms with Crippen LogP contribution in [0.1, 0.15) is 0 Å². The van der Waals surface area contributed by atoms with Gasteiger partial charge in [-0.1, -0.05) is 15.9 Å². The molecule has 0 spiro atoms. The van der Waals surface area contributed by atoms with E-state index in [1.165, 1.54) is 0 Å². The summed E-state index contributed by atoms with van der Waals surface area (Å²) in [6.07, 6.45) is 3.72. The van der Waals surface area contributed by atoms with Gasteiger partial charge in [0.05, 0.1) is 19.3 Å². The molecule has 0 atom stereocenters. The van der Waals surface area contributed by atoms with Gasteiger partial charge in [0.25, 0.3) is 0 Å². The first-order valence-corrected chi connectivity index (χ1v) is 6.14. The van der Waals surface area contributed by atoms with Gasteiger partial charge in [-0.25, -0.2) is 0 Å². The summed E-state index contributed by atoms with van der Waals surface area (Å²) in [6.45, 7) is 1.62. The highest BCUT2D eigenvalue weighted by Gasteiger charge is 2.02. The number of halogens is 1. The average molecular weight is 296 g/mol. The van der Waals surface area contributed by atoms with Crippen molar-refractivity contribution >= 4 is 21.6 Å². The van der Waals surface area contributed by atoms with E-state index in [1.807, 2.05) is 35.1 Å². The third-order valence-electron chi connectivity index (χ3n) is 2.38. The van der Waals surface area contributed by atoms with Crippen LogP contribution in [0.2, 0.25) is 0 Å². The van der Waals surface area contributed by atoms with E-state index < -0.39 is 0 Å². The van der Waals surface area contributed by atoms with Crippen LogP contribution >= 0.6 is 15.9 Å². The van der Waals surface area contributed by atoms with Gasteiger partial charge in [0.1, 0.15) is 5.75 Å². The van der Waals surface area contributed by atoms with E-state index in [0.717, 1.165) is 29.0 Å². The number of anilines is 1. The Balaban J connectivity index is 1.96. The summed E-state index contributed by atoms with van der Waals surface area (Å²) in [5.41, 5.74) is 0.981. The maximum atomic E-state index is 5.28. The van der Waals surface area contributed by atoms with Gasteiger partial charge in [-0.05, 0) is 24.3 Å². The van der Waals surface area contributed by atoms with Gasteiger partial charge in [0, 0.05) is 23.4 Å². The summed E-state index contributed by atoms with van der Waals surface area (Å²) in [4.78, 5) is 0. The van der Waals surface area contributed by atoms with E-state index in [4.69, 9.17) is 4.74 Å². The summed E-state index contributed by atoms with van der Waals surface area (Å²) >= 11 is 3.44. The van der Waals surface area contributed by atoms with Crippen LogP contribution in [0.25, 0.3) is 0 Å². The summed E-state index contributed by atoms with van der Waals surface area (Å²) in [5.74, 6) is 0.841. The smallest absolute Gasteiger partial charge is 0.142 e. The standard InChI is InChI=1S/C12H14BrN3O/c1-17-12-4-3-10(13)9-11(12)14-6-8-16-7-2-5-15-16/h2-5,7,9,14H,6,8H2,1H3. The van der Waals surface area contributed by atoms with Gasteiger partial charge in [0.2, 0.25) is 0 Å². The van der Waals surface area contributed by atoms with Crippen molar-refractivity contribution in [2.75, 3.05) is 19.0 Å². The summed E-state index contributed by atoms with van der Waals surface area (Å²) in [6, 6.07) is 7.81. The number of methoxy groups -OCH3 is 1. The Labute approximate surface area is 109 Å². The second kappa shape index (κ2) is 5.72. The second-order valence-corrected chi connectivity index (χ2v) is 4.46. The fourth-order valence-electron chi connectivity index (χ4n) is 1.56. The van der Waals surface area contributed by atoms with E-state index in [0.29, 0.717) is 0 Å². The highest BCUT2D eigenvalue weighted by Crippen LogP contribution is 2.27. The number of nitrogens with zero attached hydrogens (tertiary/aromatic N) is 2. The zero-order valence-electron chi connectivity index (χ0n) is 9.56. The molecule has 1 heterocycles. The molecule has 0 saturated carbocycles. The molecule has 0 saturated heterocycles. The monoisotopic (exact) mass is 295 g/mol. The zero-order chi connectivity index (χ0) is 12.1. The highest BCUT2D eigenvalue weighted by molar-refractivity contribution is 9.10. The molecule has 0 fully saturated rings. The highest BCUT2D eigenvalue weighted by atomic mass is 79.9. The number of hydrogen-bond donors (Lipinski definition) is 1. The molecule has 0 amide bonds. The molecule has 90 valence electrons. The number of ether oxygens (including phenoxy) is 1. The maximum Gasteiger partial charge on any atom is 0.142 e. The molecule has 5 heteroatoms. The van der Waals surface area contributed by atoms with Crippen LogP contribution in [0.5, 0.6) is 5.75 Å². The molecule has 2 aromatic rings. The molecular formula is C12H14BrN3O. The second-order valence-electron chi connectivity index (χ2n) is 3.54. The van der Waals surface area contributed by atoms with Gasteiger partial charge >= 0.3 is 0 Å². The predicted octanol–water partition coefficient (Wildman–Crippen LogP) is 2.77. The van der Waals surface area contributed by atoms with Gasteiger partial charge in [0.15, 0.2) is 0 Å². The summed E-state index contributed by atoms with van der Waals surface area (Å²) in [7, 11) is 1.67. The van der Waals surface area contributed by atoms with Crippen LogP contribution < -0.4 is 10.1 Å². The SMILES string of the molecule is COc1ccc(Br)cc1NCCn1cccn1. The number of nitrogens with one attached hydrogen (secondary N) is 1. The van der Waals surface area contributed by atoms with E-state index in [1.54, 1.807) is 13.3 Å². The first-order valence-electron chi connectivity index (χ1n) is 5.34. The van der Waals surface area contributed by atoms with Gasteiger partial charge in [-0.2, -0.15) is 5.10 Å². The number of aromatic nitrogens is 2. The van der Waals surface area contributed by atoms with Crippen LogP contribution in [0.15, 0.2) is 41.1 Å². The molecule has 2 rings (SSSR count). The van der Waals surface area contributed by atoms with Crippen molar-refractivity contribution in [3.63, 3.8) is 0 Å². The first kappa shape index (κ1) is 12.0. The van der Waals surface area contributed by atoms with Crippen LogP contribution in [-0.2, 0) is 6.54 Å². The third-order valence-corrected chi connectivity index (χ3v) is 2.87. The van der Waals surface area contributed by atoms with Gasteiger partial charge < -0.3 is 10.1 Å². The van der Waals surface area contributed by atoms with Gasteiger partial charge in [-0.15, -0.1) is 0 Å². The Bertz CT molecular complexity index is 471. The summed E-state index contributed by atoms with van der Waals surface area (Å²) < 4.78 is 8.20. The fraction of sp³-hybridized carbons (Fsp3) is 0.250. The minimum atomic E-state index is 0.800. The quantitative estimate of drug-likeness (QED) is 0.922. The van der Waals surface area contributed by atoms with Crippen LogP contribution in [0.3, 0.4) is 0 Å². The Morgan fingerprint density at radius 3 is 3.06 bits per heavy atom. The Hall–Kier alpha value is -1.49. The topological polar surface area (TPSA) is 39.1 Å². The van der Waals surface area contributed by atoms with Crippen molar-refractivity contribution in [1.82, 2.24) is 9.78 Å². The average Bonchev–Trinajstić information content (AvgIpc) is 2.82. The molecule has 1 N–H and O–H groups in total. The van der Waals surface area contributed by atoms with Crippen LogP contribution in [0.4, 0.5) is 5.69 Å². The van der Waals surface area contributed by atoms with Crippen molar-refractivity contribution in [1.29, 1.82) is 0 Å². The predicted molar refractivity (Wildman–Crippen MR) is 71.4 cm³/mol. The van der Waals surface area contributed by atoms with Crippen molar-refractivity contribution in [3.05, 3.63) is 41.1 Å². The van der Waals surface area contributed by atoms with Crippen molar-refractivity contribution < 1.29 is 4.74 Å². The molecule has 0 aliphatic rings. The maximum absolute atomic E-state index is 5.28. The molecule has 0 radical (unpaired) electrons. The van der Waals surface area contributed by atoms with Crippen molar-refractivity contribution in [2.24, 2.45) is 0 Å². The zero-order valence-corrected chi connectivity index (χ0v) is 11.1. The van der Waals surface area contributed by atoms with E-state index >= 15 is 0 Å². The first-order chi connectivity index (χ1) is 8.29. The lowest BCUT2D eigenvalue weighted by Crippen LogP contribution is -2.11. The fourth-order valence-corrected chi connectivity index (χ4v) is 1.92. The molecule has 17 heavy (non-hydrogen) atoms. The lowest BCUT2D eigenvalue weighted by molar-refractivity contribution is 0.416. The lowest BCUT2D eigenvalue weighted by atomic mass is 10.3. The minimum Gasteiger partial charge on any atom is -0.495 e. The molecule has 0 bridgehead atoms. The molecule has 4 nitrogen and oxygen atoms in total. The molecule has 1 aromatic carbocycles. The molecule has 0 aliphatic heterocycles. The number of benzene rings is 1. The van der Waals surface area contributed by atoms with Crippen LogP contribution in [-0.4, -0.2) is 23.4 Å². The Morgan fingerprint density at radius 1 is 1.47 bits per heavy atom. The minimum absolute atomic E-state index is 0.800. The Kier molecular flexibility index (Phi) is 4.03. The summed E-state index contributed by atoms with van der Waals surface area (Å²) in [5, 5.41) is 7.47. The van der Waals surface area contributed by atoms with E-state index in [9.17, 15) is 0 Å². The van der Waals surface area contributed by atoms with E-state index in [2.05, 4.69) is 26.3 Å². The molecule has 0 aliphatic carbocycles. The lowest BCUT2D eigenvalue weighted by Gasteiger charge is -2.11. The molecule has 1 aromatic heterocycles. The van der Waals surface area contributed by atoms with Crippen LogP contribution in [0, 0.1) is 0 Å². The van der Waals surface area contributed by atoms with Crippen molar-refractivity contribution in [3.8, 4) is 5.75 Å². The van der Waals surface area contributed by atoms with Crippen molar-refractivity contribution in [2.45, 2.75) is 6.54 Å². The normalized spacial score (nSPS) is 10.2. The number of hydrogen-bond acceptors (Lipinski definition) is 3. The number of rotatable bonds is 5. The largest absolute Gasteiger partial charge is 0.495 e. The van der Waals surface area contributed by atoms with E-state index in [-0.39, 0.29) is 0 Å².